The van der Waals surface area contributed by atoms with Gasteiger partial charge in [-0.3, -0.25) is 9.59 Å². The monoisotopic (exact) mass is 382 g/mol. The Balaban J connectivity index is 2.10. The van der Waals surface area contributed by atoms with Crippen LogP contribution in [0.25, 0.3) is 0 Å². The molecule has 0 fully saturated rings. The lowest BCUT2D eigenvalue weighted by Gasteiger charge is -2.15. The Bertz CT molecular complexity index is 861. The average Bonchev–Trinajstić information content (AvgIpc) is 2.72. The van der Waals surface area contributed by atoms with E-state index >= 15 is 0 Å². The van der Waals surface area contributed by atoms with E-state index in [0.29, 0.717) is 11.3 Å². The Hall–Kier alpha value is -3.61. The molecule has 7 heteroatoms. The summed E-state index contributed by atoms with van der Waals surface area (Å²) >= 11 is 0. The van der Waals surface area contributed by atoms with E-state index in [1.807, 2.05) is 0 Å². The summed E-state index contributed by atoms with van der Waals surface area (Å²) in [6, 6.07) is 13.0. The van der Waals surface area contributed by atoms with E-state index in [1.54, 1.807) is 42.5 Å². The van der Waals surface area contributed by atoms with Gasteiger partial charge in [0.2, 0.25) is 0 Å². The van der Waals surface area contributed by atoms with E-state index in [-0.39, 0.29) is 23.7 Å². The molecule has 0 aliphatic carbocycles. The normalized spacial score (nSPS) is 11.1. The molecular formula is C21H22N2O5. The zero-order valence-electron chi connectivity index (χ0n) is 15.7. The number of para-hydroxylation sites is 1. The molecule has 1 atom stereocenters. The van der Waals surface area contributed by atoms with E-state index in [2.05, 4.69) is 17.2 Å². The van der Waals surface area contributed by atoms with E-state index in [9.17, 15) is 14.4 Å². The van der Waals surface area contributed by atoms with Crippen molar-refractivity contribution in [2.24, 2.45) is 0 Å². The molecule has 28 heavy (non-hydrogen) atoms. The van der Waals surface area contributed by atoms with Crippen LogP contribution >= 0.6 is 0 Å². The quantitative estimate of drug-likeness (QED) is 0.541. The van der Waals surface area contributed by atoms with E-state index in [0.717, 1.165) is 0 Å². The maximum atomic E-state index is 12.5. The fourth-order valence-electron chi connectivity index (χ4n) is 2.30. The zero-order valence-corrected chi connectivity index (χ0v) is 15.7. The first-order chi connectivity index (χ1) is 13.5. The molecule has 0 aromatic heterocycles. The number of methoxy groups -OCH3 is 1. The minimum Gasteiger partial charge on any atom is -0.497 e. The number of hydrogen-bond donors (Lipinski definition) is 2. The van der Waals surface area contributed by atoms with Crippen LogP contribution in [0.1, 0.15) is 27.6 Å². The van der Waals surface area contributed by atoms with Crippen LogP contribution in [0.3, 0.4) is 0 Å². The highest BCUT2D eigenvalue weighted by atomic mass is 16.5. The number of nitrogens with one attached hydrogen (secondary N) is 2. The van der Waals surface area contributed by atoms with E-state index in [1.165, 1.54) is 26.2 Å². The summed E-state index contributed by atoms with van der Waals surface area (Å²) in [5.74, 6) is -0.913. The van der Waals surface area contributed by atoms with Crippen molar-refractivity contribution < 1.29 is 23.9 Å². The van der Waals surface area contributed by atoms with Crippen LogP contribution in [0, 0.1) is 0 Å². The predicted molar refractivity (Wildman–Crippen MR) is 105 cm³/mol. The number of carbonyl (C=O) groups excluding carboxylic acids is 3. The number of carbonyl (C=O) groups is 3. The average molecular weight is 382 g/mol. The van der Waals surface area contributed by atoms with Crippen molar-refractivity contribution in [2.45, 2.75) is 13.0 Å². The highest BCUT2D eigenvalue weighted by molar-refractivity contribution is 6.08. The number of anilines is 1. The summed E-state index contributed by atoms with van der Waals surface area (Å²) in [7, 11) is 1.54. The summed E-state index contributed by atoms with van der Waals surface area (Å²) in [6.07, 6.45) is 0.536. The Morgan fingerprint density at radius 2 is 1.79 bits per heavy atom. The number of ether oxygens (including phenoxy) is 2. The van der Waals surface area contributed by atoms with E-state index in [4.69, 9.17) is 9.47 Å². The highest BCUT2D eigenvalue weighted by Crippen LogP contribution is 2.19. The first kappa shape index (κ1) is 20.7. The lowest BCUT2D eigenvalue weighted by Crippen LogP contribution is -2.36. The summed E-state index contributed by atoms with van der Waals surface area (Å²) < 4.78 is 10.3. The van der Waals surface area contributed by atoms with Crippen LogP contribution in [0.4, 0.5) is 5.69 Å². The molecule has 2 aromatic rings. The van der Waals surface area contributed by atoms with Crippen molar-refractivity contribution >= 4 is 23.5 Å². The summed E-state index contributed by atoms with van der Waals surface area (Å²) in [6.45, 7) is 5.24. The van der Waals surface area contributed by atoms with Crippen molar-refractivity contribution in [3.05, 3.63) is 72.3 Å². The smallest absolute Gasteiger partial charge is 0.341 e. The van der Waals surface area contributed by atoms with Gasteiger partial charge in [0.25, 0.3) is 11.8 Å². The van der Waals surface area contributed by atoms with Gasteiger partial charge in [0.05, 0.1) is 18.4 Å². The summed E-state index contributed by atoms with van der Waals surface area (Å²) in [5.41, 5.74) is 0.834. The van der Waals surface area contributed by atoms with Crippen molar-refractivity contribution in [2.75, 3.05) is 19.0 Å². The second-order valence-electron chi connectivity index (χ2n) is 5.81. The van der Waals surface area contributed by atoms with Crippen molar-refractivity contribution in [3.63, 3.8) is 0 Å². The molecule has 2 rings (SSSR count). The second kappa shape index (κ2) is 9.91. The fourth-order valence-corrected chi connectivity index (χ4v) is 2.30. The third-order valence-electron chi connectivity index (χ3n) is 3.82. The molecule has 0 bridgehead atoms. The van der Waals surface area contributed by atoms with Gasteiger partial charge >= 0.3 is 5.97 Å². The Morgan fingerprint density at radius 3 is 2.43 bits per heavy atom. The largest absolute Gasteiger partial charge is 0.497 e. The molecule has 146 valence electrons. The van der Waals surface area contributed by atoms with Gasteiger partial charge in [-0.25, -0.2) is 4.79 Å². The van der Waals surface area contributed by atoms with E-state index < -0.39 is 18.0 Å². The number of rotatable bonds is 8. The van der Waals surface area contributed by atoms with Crippen LogP contribution in [0.2, 0.25) is 0 Å². The van der Waals surface area contributed by atoms with Gasteiger partial charge in [-0.2, -0.15) is 0 Å². The highest BCUT2D eigenvalue weighted by Gasteiger charge is 2.21. The zero-order chi connectivity index (χ0) is 20.5. The van der Waals surface area contributed by atoms with Crippen molar-refractivity contribution in [3.8, 4) is 5.75 Å². The molecule has 0 saturated carbocycles. The number of esters is 1. The molecule has 0 spiro atoms. The molecule has 2 amide bonds. The summed E-state index contributed by atoms with van der Waals surface area (Å²) in [5, 5.41) is 5.24. The van der Waals surface area contributed by atoms with Gasteiger partial charge in [-0.05, 0) is 43.3 Å². The lowest BCUT2D eigenvalue weighted by molar-refractivity contribution is -0.128. The molecule has 0 radical (unpaired) electrons. The molecule has 0 unspecified atom stereocenters. The maximum Gasteiger partial charge on any atom is 0.341 e. The predicted octanol–water partition coefficient (Wildman–Crippen LogP) is 2.80. The second-order valence-corrected chi connectivity index (χ2v) is 5.81. The maximum absolute atomic E-state index is 12.5. The van der Waals surface area contributed by atoms with Crippen molar-refractivity contribution in [1.82, 2.24) is 5.32 Å². The number of hydrogen-bond acceptors (Lipinski definition) is 5. The number of amides is 2. The molecule has 0 heterocycles. The Morgan fingerprint density at radius 1 is 1.11 bits per heavy atom. The van der Waals surface area contributed by atoms with Gasteiger partial charge in [-0.15, -0.1) is 6.58 Å². The van der Waals surface area contributed by atoms with Crippen LogP contribution in [0.5, 0.6) is 5.75 Å². The third kappa shape index (κ3) is 5.44. The van der Waals surface area contributed by atoms with Gasteiger partial charge in [0.15, 0.2) is 6.10 Å². The SMILES string of the molecule is C=CCNC(=O)[C@@H](C)OC(=O)c1ccccc1NC(=O)c1ccc(OC)cc1. The molecule has 2 N–H and O–H groups in total. The first-order valence-corrected chi connectivity index (χ1v) is 8.60. The van der Waals surface area contributed by atoms with Crippen LogP contribution in [-0.2, 0) is 9.53 Å². The van der Waals surface area contributed by atoms with Crippen LogP contribution in [-0.4, -0.2) is 37.5 Å². The Labute approximate surface area is 163 Å². The van der Waals surface area contributed by atoms with Crippen LogP contribution < -0.4 is 15.4 Å². The van der Waals surface area contributed by atoms with Gasteiger partial charge in [0.1, 0.15) is 5.75 Å². The topological polar surface area (TPSA) is 93.7 Å². The molecule has 0 aliphatic heterocycles. The standard InChI is InChI=1S/C21H22N2O5/c1-4-13-22-19(24)14(2)28-21(26)17-7-5-6-8-18(17)23-20(25)15-9-11-16(27-3)12-10-15/h4-12,14H,1,13H2,2-3H3,(H,22,24)(H,23,25)/t14-/m1/s1. The lowest BCUT2D eigenvalue weighted by atomic mass is 10.1. The molecule has 7 nitrogen and oxygen atoms in total. The third-order valence-corrected chi connectivity index (χ3v) is 3.82. The van der Waals surface area contributed by atoms with Gasteiger partial charge in [-0.1, -0.05) is 18.2 Å². The fraction of sp³-hybridized carbons (Fsp3) is 0.190. The molecule has 2 aromatic carbocycles. The molecule has 0 saturated heterocycles. The minimum absolute atomic E-state index is 0.146. The molecule has 0 aliphatic rings. The van der Waals surface area contributed by atoms with Crippen LogP contribution in [0.15, 0.2) is 61.2 Å². The first-order valence-electron chi connectivity index (χ1n) is 8.60. The minimum atomic E-state index is -0.988. The molecular weight excluding hydrogens is 360 g/mol. The van der Waals surface area contributed by atoms with Gasteiger partial charge in [0, 0.05) is 12.1 Å². The van der Waals surface area contributed by atoms with Gasteiger partial charge < -0.3 is 20.1 Å². The summed E-state index contributed by atoms with van der Waals surface area (Å²) in [4.78, 5) is 36.8. The van der Waals surface area contributed by atoms with Crippen molar-refractivity contribution in [1.29, 1.82) is 0 Å². The number of benzene rings is 2. The Kier molecular flexibility index (Phi) is 7.33.